The van der Waals surface area contributed by atoms with Gasteiger partial charge in [-0.15, -0.1) is 0 Å². The second kappa shape index (κ2) is 8.60. The van der Waals surface area contributed by atoms with E-state index in [-0.39, 0.29) is 11.9 Å². The van der Waals surface area contributed by atoms with E-state index in [9.17, 15) is 4.79 Å². The van der Waals surface area contributed by atoms with E-state index in [4.69, 9.17) is 21.1 Å². The SMILES string of the molecule is COc1cccc(OC)c1C(=O)NC(c1ccccc1)c1ccc(Cl)cc1. The van der Waals surface area contributed by atoms with Gasteiger partial charge in [0, 0.05) is 5.02 Å². The third kappa shape index (κ3) is 4.23. The lowest BCUT2D eigenvalue weighted by Gasteiger charge is -2.21. The number of hydrogen-bond acceptors (Lipinski definition) is 3. The van der Waals surface area contributed by atoms with Gasteiger partial charge in [0.15, 0.2) is 0 Å². The van der Waals surface area contributed by atoms with Crippen LogP contribution < -0.4 is 14.8 Å². The summed E-state index contributed by atoms with van der Waals surface area (Å²) in [6, 6.07) is 22.1. The normalized spacial score (nSPS) is 11.5. The van der Waals surface area contributed by atoms with E-state index in [2.05, 4.69) is 5.32 Å². The van der Waals surface area contributed by atoms with E-state index < -0.39 is 0 Å². The Hall–Kier alpha value is -2.98. The van der Waals surface area contributed by atoms with Crippen molar-refractivity contribution in [2.24, 2.45) is 0 Å². The Labute approximate surface area is 163 Å². The molecule has 138 valence electrons. The number of rotatable bonds is 6. The van der Waals surface area contributed by atoms with Gasteiger partial charge in [0.1, 0.15) is 17.1 Å². The van der Waals surface area contributed by atoms with Gasteiger partial charge in [-0.05, 0) is 35.4 Å². The Bertz CT molecular complexity index is 888. The molecule has 1 unspecified atom stereocenters. The third-order valence-electron chi connectivity index (χ3n) is 4.27. The van der Waals surface area contributed by atoms with E-state index in [1.165, 1.54) is 14.2 Å². The van der Waals surface area contributed by atoms with Gasteiger partial charge < -0.3 is 14.8 Å². The van der Waals surface area contributed by atoms with Crippen LogP contribution in [0.15, 0.2) is 72.8 Å². The van der Waals surface area contributed by atoms with Crippen molar-refractivity contribution in [2.75, 3.05) is 14.2 Å². The zero-order chi connectivity index (χ0) is 19.2. The van der Waals surface area contributed by atoms with Crippen molar-refractivity contribution >= 4 is 17.5 Å². The molecule has 0 aliphatic carbocycles. The molecule has 0 radical (unpaired) electrons. The minimum atomic E-state index is -0.342. The molecule has 1 atom stereocenters. The molecule has 0 bridgehead atoms. The molecule has 0 fully saturated rings. The Balaban J connectivity index is 2.00. The molecule has 0 aliphatic rings. The first-order chi connectivity index (χ1) is 13.1. The van der Waals surface area contributed by atoms with Gasteiger partial charge in [0.2, 0.25) is 0 Å². The Kier molecular flexibility index (Phi) is 5.99. The van der Waals surface area contributed by atoms with Crippen molar-refractivity contribution in [3.8, 4) is 11.5 Å². The van der Waals surface area contributed by atoms with Crippen LogP contribution in [0.2, 0.25) is 5.02 Å². The minimum absolute atomic E-state index is 0.284. The summed E-state index contributed by atoms with van der Waals surface area (Å²) in [6.45, 7) is 0. The smallest absolute Gasteiger partial charge is 0.259 e. The molecule has 0 saturated heterocycles. The van der Waals surface area contributed by atoms with Crippen LogP contribution in [-0.2, 0) is 0 Å². The topological polar surface area (TPSA) is 47.6 Å². The molecule has 1 N–H and O–H groups in total. The van der Waals surface area contributed by atoms with Gasteiger partial charge in [0.05, 0.1) is 20.3 Å². The van der Waals surface area contributed by atoms with E-state index in [1.54, 1.807) is 18.2 Å². The molecule has 1 amide bonds. The number of amides is 1. The Morgan fingerprint density at radius 2 is 1.37 bits per heavy atom. The van der Waals surface area contributed by atoms with Crippen LogP contribution in [0.5, 0.6) is 11.5 Å². The van der Waals surface area contributed by atoms with Crippen molar-refractivity contribution in [1.82, 2.24) is 5.32 Å². The summed E-state index contributed by atoms with van der Waals surface area (Å²) >= 11 is 6.02. The van der Waals surface area contributed by atoms with Gasteiger partial charge in [0.25, 0.3) is 5.91 Å². The van der Waals surface area contributed by atoms with Crippen LogP contribution >= 0.6 is 11.6 Å². The molecular formula is C22H20ClNO3. The fourth-order valence-electron chi connectivity index (χ4n) is 2.94. The average molecular weight is 382 g/mol. The highest BCUT2D eigenvalue weighted by Crippen LogP contribution is 2.30. The standard InChI is InChI=1S/C22H20ClNO3/c1-26-18-9-6-10-19(27-2)20(18)22(25)24-21(15-7-4-3-5-8-15)16-11-13-17(23)14-12-16/h3-14,21H,1-2H3,(H,24,25). The molecule has 27 heavy (non-hydrogen) atoms. The predicted octanol–water partition coefficient (Wildman–Crippen LogP) is 4.88. The first kappa shape index (κ1) is 18.8. The van der Waals surface area contributed by atoms with Gasteiger partial charge in [-0.25, -0.2) is 0 Å². The van der Waals surface area contributed by atoms with Gasteiger partial charge in [-0.3, -0.25) is 4.79 Å². The maximum absolute atomic E-state index is 13.1. The lowest BCUT2D eigenvalue weighted by Crippen LogP contribution is -2.30. The number of halogens is 1. The summed E-state index contributed by atoms with van der Waals surface area (Å²) in [5.74, 6) is 0.623. The number of carbonyl (C=O) groups is 1. The summed E-state index contributed by atoms with van der Waals surface area (Å²) in [5.41, 5.74) is 2.24. The zero-order valence-electron chi connectivity index (χ0n) is 15.1. The molecule has 0 saturated carbocycles. The number of hydrogen-bond donors (Lipinski definition) is 1. The maximum Gasteiger partial charge on any atom is 0.259 e. The highest BCUT2D eigenvalue weighted by atomic mass is 35.5. The van der Waals surface area contributed by atoms with Crippen LogP contribution in [-0.4, -0.2) is 20.1 Å². The molecule has 3 aromatic carbocycles. The molecular weight excluding hydrogens is 362 g/mol. The van der Waals surface area contributed by atoms with Crippen molar-refractivity contribution in [2.45, 2.75) is 6.04 Å². The van der Waals surface area contributed by atoms with Crippen molar-refractivity contribution in [3.05, 3.63) is 94.5 Å². The third-order valence-corrected chi connectivity index (χ3v) is 4.52. The van der Waals surface area contributed by atoms with Crippen molar-refractivity contribution < 1.29 is 14.3 Å². The lowest BCUT2D eigenvalue weighted by atomic mass is 9.98. The summed E-state index contributed by atoms with van der Waals surface area (Å²) in [4.78, 5) is 13.1. The summed E-state index contributed by atoms with van der Waals surface area (Å²) < 4.78 is 10.7. The first-order valence-corrected chi connectivity index (χ1v) is 8.84. The quantitative estimate of drug-likeness (QED) is 0.662. The molecule has 0 heterocycles. The minimum Gasteiger partial charge on any atom is -0.496 e. The summed E-state index contributed by atoms with van der Waals surface area (Å²) in [6.07, 6.45) is 0. The molecule has 3 aromatic rings. The average Bonchev–Trinajstić information content (AvgIpc) is 2.72. The first-order valence-electron chi connectivity index (χ1n) is 8.46. The molecule has 0 aromatic heterocycles. The lowest BCUT2D eigenvalue weighted by molar-refractivity contribution is 0.0936. The molecule has 3 rings (SSSR count). The van der Waals surface area contributed by atoms with E-state index in [0.29, 0.717) is 22.1 Å². The van der Waals surface area contributed by atoms with Crippen LogP contribution in [0.4, 0.5) is 0 Å². The predicted molar refractivity (Wildman–Crippen MR) is 107 cm³/mol. The van der Waals surface area contributed by atoms with Gasteiger partial charge in [-0.1, -0.05) is 60.1 Å². The molecule has 4 nitrogen and oxygen atoms in total. The van der Waals surface area contributed by atoms with Gasteiger partial charge >= 0.3 is 0 Å². The number of carbonyl (C=O) groups excluding carboxylic acids is 1. The highest BCUT2D eigenvalue weighted by Gasteiger charge is 2.23. The Morgan fingerprint density at radius 3 is 1.93 bits per heavy atom. The Morgan fingerprint density at radius 1 is 0.815 bits per heavy atom. The molecule has 5 heteroatoms. The highest BCUT2D eigenvalue weighted by molar-refractivity contribution is 6.30. The monoisotopic (exact) mass is 381 g/mol. The second-order valence-electron chi connectivity index (χ2n) is 5.91. The number of benzene rings is 3. The zero-order valence-corrected chi connectivity index (χ0v) is 15.9. The van der Waals surface area contributed by atoms with E-state index in [0.717, 1.165) is 11.1 Å². The van der Waals surface area contributed by atoms with Crippen LogP contribution in [0, 0.1) is 0 Å². The van der Waals surface area contributed by atoms with Crippen LogP contribution in [0.1, 0.15) is 27.5 Å². The second-order valence-corrected chi connectivity index (χ2v) is 6.34. The maximum atomic E-state index is 13.1. The van der Waals surface area contributed by atoms with Crippen molar-refractivity contribution in [1.29, 1.82) is 0 Å². The fraction of sp³-hybridized carbons (Fsp3) is 0.136. The number of methoxy groups -OCH3 is 2. The largest absolute Gasteiger partial charge is 0.496 e. The van der Waals surface area contributed by atoms with Crippen molar-refractivity contribution in [3.63, 3.8) is 0 Å². The summed E-state index contributed by atoms with van der Waals surface area (Å²) in [5, 5.41) is 3.73. The number of ether oxygens (including phenoxy) is 2. The van der Waals surface area contributed by atoms with E-state index >= 15 is 0 Å². The fourth-order valence-corrected chi connectivity index (χ4v) is 3.06. The molecule has 0 spiro atoms. The van der Waals surface area contributed by atoms with Gasteiger partial charge in [-0.2, -0.15) is 0 Å². The summed E-state index contributed by atoms with van der Waals surface area (Å²) in [7, 11) is 3.05. The van der Waals surface area contributed by atoms with E-state index in [1.807, 2.05) is 54.6 Å². The van der Waals surface area contributed by atoms with Crippen LogP contribution in [0.3, 0.4) is 0 Å². The number of nitrogens with one attached hydrogen (secondary N) is 1. The van der Waals surface area contributed by atoms with Crippen LogP contribution in [0.25, 0.3) is 0 Å². The molecule has 0 aliphatic heterocycles.